The number of carbonyl (C=O) groups is 2. The van der Waals surface area contributed by atoms with Crippen molar-refractivity contribution >= 4 is 23.2 Å². The van der Waals surface area contributed by atoms with Crippen molar-refractivity contribution in [2.45, 2.75) is 38.3 Å². The van der Waals surface area contributed by atoms with E-state index < -0.39 is 12.1 Å². The van der Waals surface area contributed by atoms with Crippen LogP contribution in [0.1, 0.15) is 46.6 Å². The number of thiophene rings is 1. The van der Waals surface area contributed by atoms with Crippen molar-refractivity contribution in [2.24, 2.45) is 0 Å². The number of amides is 1. The van der Waals surface area contributed by atoms with Gasteiger partial charge in [0.15, 0.2) is 6.10 Å². The third-order valence-electron chi connectivity index (χ3n) is 4.06. The Balaban J connectivity index is 1.62. The lowest BCUT2D eigenvalue weighted by molar-refractivity contribution is -0.130. The van der Waals surface area contributed by atoms with Crippen molar-refractivity contribution in [3.63, 3.8) is 0 Å². The molecule has 0 aliphatic heterocycles. The molecular weight excluding hydrogens is 310 g/mol. The molecule has 0 bridgehead atoms. The highest BCUT2D eigenvalue weighted by Gasteiger charge is 2.25. The molecule has 1 aromatic heterocycles. The maximum absolute atomic E-state index is 12.3. The van der Waals surface area contributed by atoms with Crippen LogP contribution in [0.5, 0.6) is 0 Å². The van der Waals surface area contributed by atoms with Crippen molar-refractivity contribution < 1.29 is 14.3 Å². The van der Waals surface area contributed by atoms with E-state index in [1.807, 2.05) is 12.1 Å². The number of fused-ring (bicyclic) bond motifs is 1. The van der Waals surface area contributed by atoms with Gasteiger partial charge >= 0.3 is 5.97 Å². The van der Waals surface area contributed by atoms with E-state index in [-0.39, 0.29) is 11.9 Å². The fraction of sp³-hybridized carbons (Fsp3) is 0.333. The molecule has 5 heteroatoms. The zero-order valence-corrected chi connectivity index (χ0v) is 13.8. The van der Waals surface area contributed by atoms with E-state index in [9.17, 15) is 9.59 Å². The lowest BCUT2D eigenvalue weighted by atomic mass is 9.87. The molecule has 1 aliphatic carbocycles. The normalized spacial score (nSPS) is 17.9. The Morgan fingerprint density at radius 3 is 2.87 bits per heavy atom. The van der Waals surface area contributed by atoms with Crippen LogP contribution in [0.4, 0.5) is 0 Å². The van der Waals surface area contributed by atoms with Crippen LogP contribution in [0, 0.1) is 0 Å². The monoisotopic (exact) mass is 329 g/mol. The summed E-state index contributed by atoms with van der Waals surface area (Å²) in [5.41, 5.74) is 2.45. The maximum Gasteiger partial charge on any atom is 0.349 e. The molecule has 1 aliphatic rings. The molecule has 23 heavy (non-hydrogen) atoms. The summed E-state index contributed by atoms with van der Waals surface area (Å²) in [6.07, 6.45) is 2.20. The Bertz CT molecular complexity index is 696. The van der Waals surface area contributed by atoms with Gasteiger partial charge in [0, 0.05) is 0 Å². The van der Waals surface area contributed by atoms with Crippen LogP contribution < -0.4 is 5.32 Å². The number of rotatable bonds is 4. The third-order valence-corrected chi connectivity index (χ3v) is 4.91. The maximum atomic E-state index is 12.3. The van der Waals surface area contributed by atoms with Gasteiger partial charge in [0.25, 0.3) is 5.91 Å². The fourth-order valence-corrected chi connectivity index (χ4v) is 3.47. The molecule has 0 saturated heterocycles. The largest absolute Gasteiger partial charge is 0.448 e. The first kappa shape index (κ1) is 15.7. The first-order chi connectivity index (χ1) is 11.1. The number of ether oxygens (including phenoxy) is 1. The number of esters is 1. The third kappa shape index (κ3) is 3.62. The molecule has 4 nitrogen and oxygen atoms in total. The topological polar surface area (TPSA) is 55.4 Å². The predicted molar refractivity (Wildman–Crippen MR) is 89.5 cm³/mol. The lowest BCUT2D eigenvalue weighted by Gasteiger charge is -2.27. The molecular formula is C18H19NO3S. The molecule has 2 atom stereocenters. The minimum absolute atomic E-state index is 0.00431. The van der Waals surface area contributed by atoms with Crippen molar-refractivity contribution in [3.05, 3.63) is 57.8 Å². The van der Waals surface area contributed by atoms with E-state index in [2.05, 4.69) is 17.4 Å². The second kappa shape index (κ2) is 6.96. The predicted octanol–water partition coefficient (Wildman–Crippen LogP) is 3.49. The molecule has 0 unspecified atom stereocenters. The number of hydrogen-bond donors (Lipinski definition) is 1. The Labute approximate surface area is 139 Å². The van der Waals surface area contributed by atoms with Gasteiger partial charge in [0.05, 0.1) is 6.04 Å². The molecule has 0 saturated carbocycles. The Morgan fingerprint density at radius 2 is 2.09 bits per heavy atom. The second-order valence-electron chi connectivity index (χ2n) is 5.68. The van der Waals surface area contributed by atoms with E-state index >= 15 is 0 Å². The van der Waals surface area contributed by atoms with E-state index in [1.54, 1.807) is 24.4 Å². The highest BCUT2D eigenvalue weighted by Crippen LogP contribution is 2.29. The van der Waals surface area contributed by atoms with Crippen molar-refractivity contribution in [1.82, 2.24) is 5.32 Å². The van der Waals surface area contributed by atoms with Crippen LogP contribution in [0.15, 0.2) is 41.8 Å². The van der Waals surface area contributed by atoms with Crippen LogP contribution in [-0.2, 0) is 16.0 Å². The summed E-state index contributed by atoms with van der Waals surface area (Å²) < 4.78 is 5.25. The molecule has 1 aromatic carbocycles. The molecule has 2 aromatic rings. The van der Waals surface area contributed by atoms with Crippen LogP contribution >= 0.6 is 11.3 Å². The van der Waals surface area contributed by atoms with Crippen molar-refractivity contribution in [3.8, 4) is 0 Å². The summed E-state index contributed by atoms with van der Waals surface area (Å²) in [6.45, 7) is 1.61. The number of hydrogen-bond acceptors (Lipinski definition) is 4. The van der Waals surface area contributed by atoms with E-state index in [0.717, 1.165) is 19.3 Å². The highest BCUT2D eigenvalue weighted by molar-refractivity contribution is 7.11. The lowest BCUT2D eigenvalue weighted by Crippen LogP contribution is -2.39. The van der Waals surface area contributed by atoms with Gasteiger partial charge in [-0.05, 0) is 48.8 Å². The van der Waals surface area contributed by atoms with Crippen LogP contribution in [0.25, 0.3) is 0 Å². The highest BCUT2D eigenvalue weighted by atomic mass is 32.1. The van der Waals surface area contributed by atoms with Gasteiger partial charge in [-0.1, -0.05) is 30.3 Å². The molecule has 0 fully saturated rings. The molecule has 0 spiro atoms. The quantitative estimate of drug-likeness (QED) is 0.874. The first-order valence-corrected chi connectivity index (χ1v) is 8.66. The van der Waals surface area contributed by atoms with E-state index in [0.29, 0.717) is 4.88 Å². The molecule has 120 valence electrons. The van der Waals surface area contributed by atoms with E-state index in [1.165, 1.54) is 22.5 Å². The second-order valence-corrected chi connectivity index (χ2v) is 6.62. The molecule has 1 N–H and O–H groups in total. The fourth-order valence-electron chi connectivity index (χ4n) is 2.86. The molecule has 0 radical (unpaired) electrons. The summed E-state index contributed by atoms with van der Waals surface area (Å²) in [5.74, 6) is -0.705. The number of nitrogens with one attached hydrogen (secondary N) is 1. The minimum atomic E-state index is -0.807. The summed E-state index contributed by atoms with van der Waals surface area (Å²) in [5, 5.41) is 4.82. The van der Waals surface area contributed by atoms with Crippen LogP contribution in [-0.4, -0.2) is 18.0 Å². The van der Waals surface area contributed by atoms with Gasteiger partial charge in [-0.25, -0.2) is 4.79 Å². The standard InChI is InChI=1S/C18H19NO3S/c1-12(22-18(21)16-10-5-11-23-16)17(20)19-15-9-4-7-13-6-2-3-8-14(13)15/h2-3,5-6,8,10-12,15H,4,7,9H2,1H3,(H,19,20)/t12-,15-/m0/s1. The smallest absolute Gasteiger partial charge is 0.349 e. The molecule has 1 heterocycles. The van der Waals surface area contributed by atoms with Gasteiger partial charge in [-0.3, -0.25) is 4.79 Å². The van der Waals surface area contributed by atoms with Crippen LogP contribution in [0.3, 0.4) is 0 Å². The summed E-state index contributed by atoms with van der Waals surface area (Å²) in [6, 6.07) is 11.6. The van der Waals surface area contributed by atoms with Gasteiger partial charge in [0.1, 0.15) is 4.88 Å². The van der Waals surface area contributed by atoms with E-state index in [4.69, 9.17) is 4.74 Å². The SMILES string of the molecule is C[C@H](OC(=O)c1cccs1)C(=O)N[C@H]1CCCc2ccccc21. The summed E-state index contributed by atoms with van der Waals surface area (Å²) in [7, 11) is 0. The number of benzene rings is 1. The zero-order chi connectivity index (χ0) is 16.2. The van der Waals surface area contributed by atoms with Gasteiger partial charge in [0.2, 0.25) is 0 Å². The summed E-state index contributed by atoms with van der Waals surface area (Å²) in [4.78, 5) is 24.8. The average molecular weight is 329 g/mol. The number of carbonyl (C=O) groups excluding carboxylic acids is 2. The Morgan fingerprint density at radius 1 is 1.26 bits per heavy atom. The van der Waals surface area contributed by atoms with Gasteiger partial charge in [-0.15, -0.1) is 11.3 Å². The minimum Gasteiger partial charge on any atom is -0.448 e. The molecule has 1 amide bonds. The molecule has 3 rings (SSSR count). The number of aryl methyl sites for hydroxylation is 1. The van der Waals surface area contributed by atoms with Crippen LogP contribution in [0.2, 0.25) is 0 Å². The zero-order valence-electron chi connectivity index (χ0n) is 13.0. The van der Waals surface area contributed by atoms with Gasteiger partial charge < -0.3 is 10.1 Å². The van der Waals surface area contributed by atoms with Gasteiger partial charge in [-0.2, -0.15) is 0 Å². The Hall–Kier alpha value is -2.14. The van der Waals surface area contributed by atoms with Crippen molar-refractivity contribution in [2.75, 3.05) is 0 Å². The summed E-state index contributed by atoms with van der Waals surface area (Å²) >= 11 is 1.30. The average Bonchev–Trinajstić information content (AvgIpc) is 3.09. The first-order valence-electron chi connectivity index (χ1n) is 7.78. The Kier molecular flexibility index (Phi) is 4.76. The van der Waals surface area contributed by atoms with Crippen molar-refractivity contribution in [1.29, 1.82) is 0 Å².